The smallest absolute Gasteiger partial charge is 0.267 e. The van der Waals surface area contributed by atoms with Crippen molar-refractivity contribution < 1.29 is 4.79 Å². The minimum Gasteiger partial charge on any atom is -0.372 e. The van der Waals surface area contributed by atoms with Crippen molar-refractivity contribution in [2.75, 3.05) is 23.3 Å². The number of benzene rings is 2. The van der Waals surface area contributed by atoms with E-state index in [1.165, 1.54) is 10.7 Å². The lowest BCUT2D eigenvalue weighted by molar-refractivity contribution is -0.119. The van der Waals surface area contributed by atoms with Crippen molar-refractivity contribution in [2.45, 2.75) is 26.8 Å². The topological polar surface area (TPSA) is 67.2 Å². The van der Waals surface area contributed by atoms with E-state index in [0.29, 0.717) is 11.4 Å². The molecule has 0 fully saturated rings. The van der Waals surface area contributed by atoms with Crippen molar-refractivity contribution in [1.29, 1.82) is 0 Å². The van der Waals surface area contributed by atoms with Crippen LogP contribution in [0.5, 0.6) is 0 Å². The van der Waals surface area contributed by atoms with Gasteiger partial charge in [0.05, 0.1) is 5.69 Å². The van der Waals surface area contributed by atoms with E-state index in [1.54, 1.807) is 13.0 Å². The molecule has 3 rings (SSSR count). The Labute approximate surface area is 170 Å². The maximum absolute atomic E-state index is 12.7. The number of carbonyl (C=O) groups is 1. The molecule has 0 aliphatic carbocycles. The van der Waals surface area contributed by atoms with E-state index in [-0.39, 0.29) is 11.5 Å². The summed E-state index contributed by atoms with van der Waals surface area (Å²) in [6, 6.07) is 19.6. The lowest BCUT2D eigenvalue weighted by atomic mass is 10.1. The van der Waals surface area contributed by atoms with Gasteiger partial charge >= 0.3 is 0 Å². The highest BCUT2D eigenvalue weighted by molar-refractivity contribution is 5.93. The molecule has 0 bridgehead atoms. The van der Waals surface area contributed by atoms with Crippen LogP contribution in [0.1, 0.15) is 26.8 Å². The predicted molar refractivity (Wildman–Crippen MR) is 117 cm³/mol. The van der Waals surface area contributed by atoms with Gasteiger partial charge < -0.3 is 10.2 Å². The summed E-state index contributed by atoms with van der Waals surface area (Å²) in [6.45, 7) is 7.73. The maximum Gasteiger partial charge on any atom is 0.267 e. The second-order valence-electron chi connectivity index (χ2n) is 6.75. The largest absolute Gasteiger partial charge is 0.372 e. The molecule has 29 heavy (non-hydrogen) atoms. The van der Waals surface area contributed by atoms with Gasteiger partial charge in [0.2, 0.25) is 5.91 Å². The number of hydrogen-bond donors (Lipinski definition) is 1. The molecule has 2 aromatic carbocycles. The van der Waals surface area contributed by atoms with Crippen LogP contribution in [0, 0.1) is 0 Å². The lowest BCUT2D eigenvalue weighted by Gasteiger charge is -2.21. The average Bonchev–Trinajstić information content (AvgIpc) is 2.76. The van der Waals surface area contributed by atoms with Gasteiger partial charge in [-0.3, -0.25) is 9.59 Å². The number of amides is 1. The molecular formula is C23H26N4O2. The standard InChI is InChI=1S/C23H26N4O2/c1-4-26(5-2)20-13-11-19(12-14-20)24-23(29)17(3)27-22(28)16-15-21(25-27)18-9-7-6-8-10-18/h6-17H,4-5H2,1-3H3,(H,24,29). The fraction of sp³-hybridized carbons (Fsp3) is 0.261. The average molecular weight is 390 g/mol. The Morgan fingerprint density at radius 1 is 1.00 bits per heavy atom. The molecule has 0 spiro atoms. The summed E-state index contributed by atoms with van der Waals surface area (Å²) in [5.41, 5.74) is 3.01. The number of rotatable bonds is 7. The molecule has 1 N–H and O–H groups in total. The summed E-state index contributed by atoms with van der Waals surface area (Å²) in [5, 5.41) is 7.27. The van der Waals surface area contributed by atoms with Crippen molar-refractivity contribution in [2.24, 2.45) is 0 Å². The Kier molecular flexibility index (Phi) is 6.44. The maximum atomic E-state index is 12.7. The highest BCUT2D eigenvalue weighted by Crippen LogP contribution is 2.19. The zero-order chi connectivity index (χ0) is 20.8. The number of nitrogens with zero attached hydrogens (tertiary/aromatic N) is 3. The molecule has 0 saturated heterocycles. The first-order chi connectivity index (χ1) is 14.0. The highest BCUT2D eigenvalue weighted by Gasteiger charge is 2.18. The monoisotopic (exact) mass is 390 g/mol. The quantitative estimate of drug-likeness (QED) is 0.663. The van der Waals surface area contributed by atoms with Crippen molar-refractivity contribution in [3.63, 3.8) is 0 Å². The van der Waals surface area contributed by atoms with E-state index in [1.807, 2.05) is 54.6 Å². The molecule has 1 unspecified atom stereocenters. The number of aromatic nitrogens is 2. The zero-order valence-corrected chi connectivity index (χ0v) is 17.0. The Hall–Kier alpha value is -3.41. The van der Waals surface area contributed by atoms with Crippen molar-refractivity contribution in [3.05, 3.63) is 77.1 Å². The normalized spacial score (nSPS) is 11.7. The second-order valence-corrected chi connectivity index (χ2v) is 6.75. The van der Waals surface area contributed by atoms with Gasteiger partial charge in [0.15, 0.2) is 0 Å². The van der Waals surface area contributed by atoms with E-state index in [9.17, 15) is 9.59 Å². The molecule has 3 aromatic rings. The molecule has 0 aliphatic heterocycles. The molecule has 0 saturated carbocycles. The van der Waals surface area contributed by atoms with Gasteiger partial charge in [-0.05, 0) is 51.1 Å². The minimum atomic E-state index is -0.742. The van der Waals surface area contributed by atoms with Crippen LogP contribution < -0.4 is 15.8 Å². The van der Waals surface area contributed by atoms with Crippen LogP contribution >= 0.6 is 0 Å². The fourth-order valence-corrected chi connectivity index (χ4v) is 3.17. The number of hydrogen-bond acceptors (Lipinski definition) is 4. The van der Waals surface area contributed by atoms with E-state index in [2.05, 4.69) is 29.2 Å². The number of nitrogens with one attached hydrogen (secondary N) is 1. The lowest BCUT2D eigenvalue weighted by Crippen LogP contribution is -2.33. The Balaban J connectivity index is 1.77. The Bertz CT molecular complexity index is 1010. The van der Waals surface area contributed by atoms with Gasteiger partial charge in [-0.25, -0.2) is 4.68 Å². The van der Waals surface area contributed by atoms with Crippen LogP contribution in [0.25, 0.3) is 11.3 Å². The van der Waals surface area contributed by atoms with E-state index in [4.69, 9.17) is 0 Å². The van der Waals surface area contributed by atoms with Crippen LogP contribution in [0.2, 0.25) is 0 Å². The summed E-state index contributed by atoms with van der Waals surface area (Å²) in [7, 11) is 0. The van der Waals surface area contributed by atoms with Gasteiger partial charge in [0.25, 0.3) is 5.56 Å². The number of carbonyl (C=O) groups excluding carboxylic acids is 1. The summed E-state index contributed by atoms with van der Waals surface area (Å²) < 4.78 is 1.22. The summed E-state index contributed by atoms with van der Waals surface area (Å²) >= 11 is 0. The first-order valence-electron chi connectivity index (χ1n) is 9.84. The first kappa shape index (κ1) is 20.3. The predicted octanol–water partition coefficient (Wildman–Crippen LogP) is 3.96. The number of anilines is 2. The molecule has 1 atom stereocenters. The van der Waals surface area contributed by atoms with Crippen molar-refractivity contribution in [3.8, 4) is 11.3 Å². The molecule has 0 radical (unpaired) electrons. The second kappa shape index (κ2) is 9.19. The molecule has 1 heterocycles. The minimum absolute atomic E-state index is 0.291. The van der Waals surface area contributed by atoms with Crippen LogP contribution in [-0.4, -0.2) is 28.8 Å². The van der Waals surface area contributed by atoms with Gasteiger partial charge in [-0.2, -0.15) is 5.10 Å². The Morgan fingerprint density at radius 3 is 2.28 bits per heavy atom. The third-order valence-corrected chi connectivity index (χ3v) is 4.90. The van der Waals surface area contributed by atoms with Gasteiger partial charge in [0, 0.05) is 36.1 Å². The molecule has 1 aromatic heterocycles. The van der Waals surface area contributed by atoms with E-state index < -0.39 is 6.04 Å². The molecule has 6 heteroatoms. The van der Waals surface area contributed by atoms with Gasteiger partial charge in [-0.1, -0.05) is 30.3 Å². The molecule has 0 aliphatic rings. The fourth-order valence-electron chi connectivity index (χ4n) is 3.17. The third-order valence-electron chi connectivity index (χ3n) is 4.90. The van der Waals surface area contributed by atoms with Crippen molar-refractivity contribution >= 4 is 17.3 Å². The Morgan fingerprint density at radius 2 is 1.66 bits per heavy atom. The molecule has 1 amide bonds. The third kappa shape index (κ3) is 4.71. The van der Waals surface area contributed by atoms with Crippen molar-refractivity contribution in [1.82, 2.24) is 9.78 Å². The van der Waals surface area contributed by atoms with Gasteiger partial charge in [0.1, 0.15) is 6.04 Å². The first-order valence-corrected chi connectivity index (χ1v) is 9.84. The zero-order valence-electron chi connectivity index (χ0n) is 17.0. The molecular weight excluding hydrogens is 364 g/mol. The molecule has 6 nitrogen and oxygen atoms in total. The highest BCUT2D eigenvalue weighted by atomic mass is 16.2. The van der Waals surface area contributed by atoms with Crippen LogP contribution in [-0.2, 0) is 4.79 Å². The summed E-state index contributed by atoms with van der Waals surface area (Å²) in [6.07, 6.45) is 0. The van der Waals surface area contributed by atoms with Gasteiger partial charge in [-0.15, -0.1) is 0 Å². The van der Waals surface area contributed by atoms with E-state index >= 15 is 0 Å². The SMILES string of the molecule is CCN(CC)c1ccc(NC(=O)C(C)n2nc(-c3ccccc3)ccc2=O)cc1. The van der Waals surface area contributed by atoms with Crippen LogP contribution in [0.3, 0.4) is 0 Å². The summed E-state index contributed by atoms with van der Waals surface area (Å²) in [4.78, 5) is 27.3. The van der Waals surface area contributed by atoms with Crippen LogP contribution in [0.15, 0.2) is 71.5 Å². The van der Waals surface area contributed by atoms with E-state index in [0.717, 1.165) is 24.3 Å². The molecule has 150 valence electrons. The van der Waals surface area contributed by atoms with Crippen LogP contribution in [0.4, 0.5) is 11.4 Å². The summed E-state index contributed by atoms with van der Waals surface area (Å²) in [5.74, 6) is -0.291.